The summed E-state index contributed by atoms with van der Waals surface area (Å²) in [4.78, 5) is 19.2. The molecule has 0 fully saturated rings. The number of nitrogens with zero attached hydrogens (tertiary/aromatic N) is 1. The van der Waals surface area contributed by atoms with E-state index < -0.39 is 0 Å². The number of hydrogen-bond donors (Lipinski definition) is 2. The number of fused-ring (bicyclic) bond motifs is 2. The minimum atomic E-state index is -0.0392. The molecule has 0 bridgehead atoms. The number of nitrogens with one attached hydrogen (secondary N) is 1. The standard InChI is InChI=1S/C21H31N3OS/c1-12(2)17(11-22)23-19(25)18-10-14-8-13-9-15(21(3,4)5)6-7-16(13)24-20(14)26-18/h8,10,12,15,17H,6-7,9,11,22H2,1-5H3,(H,23,25)/t15?,17-/m1/s1. The summed E-state index contributed by atoms with van der Waals surface area (Å²) in [5, 5.41) is 4.14. The van der Waals surface area contributed by atoms with Crippen LogP contribution in [0.3, 0.4) is 0 Å². The van der Waals surface area contributed by atoms with Crippen LogP contribution >= 0.6 is 11.3 Å². The number of hydrogen-bond acceptors (Lipinski definition) is 4. The minimum Gasteiger partial charge on any atom is -0.347 e. The third-order valence-electron chi connectivity index (χ3n) is 5.70. The Hall–Kier alpha value is -1.46. The molecule has 26 heavy (non-hydrogen) atoms. The lowest BCUT2D eigenvalue weighted by molar-refractivity contribution is 0.0932. The van der Waals surface area contributed by atoms with Gasteiger partial charge in [0.1, 0.15) is 4.83 Å². The first-order valence-electron chi connectivity index (χ1n) is 9.62. The molecule has 1 amide bonds. The Labute approximate surface area is 160 Å². The van der Waals surface area contributed by atoms with Crippen molar-refractivity contribution in [2.75, 3.05) is 6.54 Å². The van der Waals surface area contributed by atoms with Crippen molar-refractivity contribution in [1.29, 1.82) is 0 Å². The van der Waals surface area contributed by atoms with Crippen molar-refractivity contribution in [2.24, 2.45) is 23.0 Å². The van der Waals surface area contributed by atoms with Gasteiger partial charge in [0.15, 0.2) is 0 Å². The van der Waals surface area contributed by atoms with Gasteiger partial charge in [-0.3, -0.25) is 4.79 Å². The van der Waals surface area contributed by atoms with Gasteiger partial charge < -0.3 is 11.1 Å². The maximum absolute atomic E-state index is 12.6. The second kappa shape index (κ2) is 7.28. The van der Waals surface area contributed by atoms with E-state index in [0.717, 1.165) is 27.9 Å². The van der Waals surface area contributed by atoms with Crippen LogP contribution < -0.4 is 11.1 Å². The van der Waals surface area contributed by atoms with Crippen molar-refractivity contribution in [3.8, 4) is 0 Å². The van der Waals surface area contributed by atoms with E-state index in [4.69, 9.17) is 10.7 Å². The number of rotatable bonds is 4. The zero-order valence-corrected chi connectivity index (χ0v) is 17.4. The van der Waals surface area contributed by atoms with E-state index in [1.165, 1.54) is 29.0 Å². The van der Waals surface area contributed by atoms with E-state index in [2.05, 4.69) is 46.0 Å². The fourth-order valence-electron chi connectivity index (χ4n) is 3.71. The molecule has 3 N–H and O–H groups in total. The van der Waals surface area contributed by atoms with Crippen LogP contribution in [-0.2, 0) is 12.8 Å². The molecule has 4 nitrogen and oxygen atoms in total. The van der Waals surface area contributed by atoms with E-state index in [1.54, 1.807) is 0 Å². The first-order chi connectivity index (χ1) is 12.2. The summed E-state index contributed by atoms with van der Waals surface area (Å²) in [7, 11) is 0. The Bertz CT molecular complexity index is 803. The van der Waals surface area contributed by atoms with Gasteiger partial charge >= 0.3 is 0 Å². The number of aromatic nitrogens is 1. The van der Waals surface area contributed by atoms with Gasteiger partial charge in [0.05, 0.1) is 4.88 Å². The largest absolute Gasteiger partial charge is 0.347 e. The molecule has 0 radical (unpaired) electrons. The summed E-state index contributed by atoms with van der Waals surface area (Å²) in [5.74, 6) is 0.966. The molecule has 0 aliphatic heterocycles. The number of carbonyl (C=O) groups is 1. The van der Waals surface area contributed by atoms with E-state index in [9.17, 15) is 4.79 Å². The molecule has 142 valence electrons. The maximum atomic E-state index is 12.6. The molecule has 0 spiro atoms. The van der Waals surface area contributed by atoms with E-state index in [-0.39, 0.29) is 11.9 Å². The second-order valence-electron chi connectivity index (χ2n) is 8.96. The smallest absolute Gasteiger partial charge is 0.261 e. The predicted octanol–water partition coefficient (Wildman–Crippen LogP) is 4.16. The van der Waals surface area contributed by atoms with Gasteiger partial charge in [0.25, 0.3) is 5.91 Å². The predicted molar refractivity (Wildman–Crippen MR) is 110 cm³/mol. The van der Waals surface area contributed by atoms with Gasteiger partial charge in [0, 0.05) is 23.7 Å². The highest BCUT2D eigenvalue weighted by atomic mass is 32.1. The summed E-state index contributed by atoms with van der Waals surface area (Å²) in [5.41, 5.74) is 8.68. The maximum Gasteiger partial charge on any atom is 0.261 e. The lowest BCUT2D eigenvalue weighted by Gasteiger charge is -2.34. The van der Waals surface area contributed by atoms with Crippen molar-refractivity contribution < 1.29 is 4.79 Å². The van der Waals surface area contributed by atoms with Crippen LogP contribution in [0, 0.1) is 17.3 Å². The van der Waals surface area contributed by atoms with Crippen LogP contribution in [-0.4, -0.2) is 23.5 Å². The Balaban J connectivity index is 1.85. The molecule has 5 heteroatoms. The molecular weight excluding hydrogens is 342 g/mol. The lowest BCUT2D eigenvalue weighted by Crippen LogP contribution is -2.43. The molecule has 1 aliphatic rings. The summed E-state index contributed by atoms with van der Waals surface area (Å²) in [6.45, 7) is 11.6. The third-order valence-corrected chi connectivity index (χ3v) is 6.74. The molecule has 2 aromatic heterocycles. The first-order valence-corrected chi connectivity index (χ1v) is 10.4. The quantitative estimate of drug-likeness (QED) is 0.845. The number of carbonyl (C=O) groups excluding carboxylic acids is 1. The van der Waals surface area contributed by atoms with E-state index in [1.807, 2.05) is 6.07 Å². The third kappa shape index (κ3) is 3.94. The number of pyridine rings is 1. The molecule has 0 aromatic carbocycles. The Morgan fingerprint density at radius 2 is 2.12 bits per heavy atom. The summed E-state index contributed by atoms with van der Waals surface area (Å²) in [6, 6.07) is 4.24. The van der Waals surface area contributed by atoms with Crippen molar-refractivity contribution in [3.05, 3.63) is 28.3 Å². The number of amides is 1. The van der Waals surface area contributed by atoms with Crippen LogP contribution in [0.5, 0.6) is 0 Å². The molecule has 1 aliphatic carbocycles. The SMILES string of the molecule is CC(C)[C@@H](CN)NC(=O)c1cc2cc3c(nc2s1)CCC(C(C)(C)C)C3. The topological polar surface area (TPSA) is 68.0 Å². The monoisotopic (exact) mass is 373 g/mol. The molecule has 2 atom stereocenters. The van der Waals surface area contributed by atoms with Crippen LogP contribution in [0.2, 0.25) is 0 Å². The van der Waals surface area contributed by atoms with Crippen molar-refractivity contribution in [2.45, 2.75) is 59.9 Å². The number of thiophene rings is 1. The molecule has 2 aromatic rings. The highest BCUT2D eigenvalue weighted by Crippen LogP contribution is 2.38. The van der Waals surface area contributed by atoms with Crippen molar-refractivity contribution in [3.63, 3.8) is 0 Å². The van der Waals surface area contributed by atoms with E-state index in [0.29, 0.717) is 23.8 Å². The zero-order chi connectivity index (χ0) is 19.1. The van der Waals surface area contributed by atoms with Crippen molar-refractivity contribution in [1.82, 2.24) is 10.3 Å². The molecule has 0 saturated carbocycles. The summed E-state index contributed by atoms with van der Waals surface area (Å²) >= 11 is 1.48. The number of aryl methyl sites for hydroxylation is 1. The van der Waals surface area contributed by atoms with E-state index >= 15 is 0 Å². The summed E-state index contributed by atoms with van der Waals surface area (Å²) in [6.07, 6.45) is 3.32. The average Bonchev–Trinajstić information content (AvgIpc) is 2.98. The second-order valence-corrected chi connectivity index (χ2v) is 10.00. The number of nitrogens with two attached hydrogens (primary N) is 1. The molecular formula is C21H31N3OS. The minimum absolute atomic E-state index is 0.00132. The van der Waals surface area contributed by atoms with Crippen LogP contribution in [0.25, 0.3) is 10.2 Å². The highest BCUT2D eigenvalue weighted by molar-refractivity contribution is 7.20. The van der Waals surface area contributed by atoms with Gasteiger partial charge in [-0.15, -0.1) is 11.3 Å². The normalized spacial score (nSPS) is 18.8. The lowest BCUT2D eigenvalue weighted by atomic mass is 9.71. The Kier molecular flexibility index (Phi) is 5.40. The first kappa shape index (κ1) is 19.3. The van der Waals surface area contributed by atoms with Gasteiger partial charge in [-0.2, -0.15) is 0 Å². The zero-order valence-electron chi connectivity index (χ0n) is 16.6. The molecule has 0 saturated heterocycles. The van der Waals surface area contributed by atoms with Crippen molar-refractivity contribution >= 4 is 27.5 Å². The average molecular weight is 374 g/mol. The molecule has 3 rings (SSSR count). The van der Waals surface area contributed by atoms with Crippen LogP contribution in [0.15, 0.2) is 12.1 Å². The Morgan fingerprint density at radius 1 is 1.38 bits per heavy atom. The van der Waals surface area contributed by atoms with Crippen LogP contribution in [0.1, 0.15) is 62.0 Å². The van der Waals surface area contributed by atoms with Gasteiger partial charge in [-0.1, -0.05) is 34.6 Å². The fraction of sp³-hybridized carbons (Fsp3) is 0.619. The molecule has 2 heterocycles. The van der Waals surface area contributed by atoms with Gasteiger partial charge in [0.2, 0.25) is 0 Å². The Morgan fingerprint density at radius 3 is 2.73 bits per heavy atom. The highest BCUT2D eigenvalue weighted by Gasteiger charge is 2.29. The summed E-state index contributed by atoms with van der Waals surface area (Å²) < 4.78 is 0. The van der Waals surface area contributed by atoms with Gasteiger partial charge in [-0.25, -0.2) is 4.98 Å². The van der Waals surface area contributed by atoms with Gasteiger partial charge in [-0.05, 0) is 54.2 Å². The fourth-order valence-corrected chi connectivity index (χ4v) is 4.65. The van der Waals surface area contributed by atoms with Crippen LogP contribution in [0.4, 0.5) is 0 Å². The molecule has 1 unspecified atom stereocenters.